The van der Waals surface area contributed by atoms with Crippen molar-refractivity contribution >= 4 is 18.2 Å². The molecule has 8 nitrogen and oxygen atoms in total. The maximum atomic E-state index is 12.3. The molecule has 1 aliphatic rings. The van der Waals surface area contributed by atoms with Crippen LogP contribution in [-0.4, -0.2) is 48.9 Å². The van der Waals surface area contributed by atoms with E-state index in [-0.39, 0.29) is 18.2 Å². The van der Waals surface area contributed by atoms with Crippen molar-refractivity contribution in [1.82, 2.24) is 10.2 Å². The second-order valence-corrected chi connectivity index (χ2v) is 8.09. The normalized spacial score (nSPS) is 17.1. The summed E-state index contributed by atoms with van der Waals surface area (Å²) in [4.78, 5) is 38.2. The van der Waals surface area contributed by atoms with Crippen molar-refractivity contribution in [2.45, 2.75) is 45.8 Å². The van der Waals surface area contributed by atoms with E-state index < -0.39 is 23.8 Å². The lowest BCUT2D eigenvalue weighted by atomic mass is 9.97. The summed E-state index contributed by atoms with van der Waals surface area (Å²) in [5.41, 5.74) is 0.240. The van der Waals surface area contributed by atoms with Gasteiger partial charge in [0.2, 0.25) is 0 Å². The van der Waals surface area contributed by atoms with Gasteiger partial charge in [-0.2, -0.15) is 0 Å². The molecule has 1 aromatic carbocycles. The molecule has 2 rings (SSSR count). The van der Waals surface area contributed by atoms with E-state index in [1.807, 2.05) is 51.1 Å². The van der Waals surface area contributed by atoms with Gasteiger partial charge in [0.1, 0.15) is 17.9 Å². The first-order valence-corrected chi connectivity index (χ1v) is 9.93. The number of esters is 1. The molecule has 1 fully saturated rings. The second kappa shape index (κ2) is 10.7. The molecule has 164 valence electrons. The molecule has 1 N–H and O–H groups in total. The molecule has 0 unspecified atom stereocenters. The molecule has 8 heteroatoms. The second-order valence-electron chi connectivity index (χ2n) is 8.09. The van der Waals surface area contributed by atoms with Crippen LogP contribution in [0.3, 0.4) is 0 Å². The van der Waals surface area contributed by atoms with Gasteiger partial charge in [-0.25, -0.2) is 14.4 Å². The van der Waals surface area contributed by atoms with Crippen LogP contribution in [-0.2, 0) is 25.6 Å². The molecule has 0 radical (unpaired) electrons. The molecular weight excluding hydrogens is 388 g/mol. The molecule has 30 heavy (non-hydrogen) atoms. The zero-order valence-corrected chi connectivity index (χ0v) is 18.0. The lowest BCUT2D eigenvalue weighted by Gasteiger charge is -2.33. The summed E-state index contributed by atoms with van der Waals surface area (Å²) >= 11 is 0. The van der Waals surface area contributed by atoms with Crippen molar-refractivity contribution in [2.75, 3.05) is 20.2 Å². The molecule has 0 bridgehead atoms. The van der Waals surface area contributed by atoms with E-state index in [9.17, 15) is 14.4 Å². The average Bonchev–Trinajstić information content (AvgIpc) is 2.71. The van der Waals surface area contributed by atoms with E-state index >= 15 is 0 Å². The number of benzene rings is 1. The fourth-order valence-corrected chi connectivity index (χ4v) is 3.01. The number of hydrogen-bond donors (Lipinski definition) is 1. The van der Waals surface area contributed by atoms with E-state index in [1.165, 1.54) is 7.11 Å². The van der Waals surface area contributed by atoms with Crippen LogP contribution in [0, 0.1) is 5.92 Å². The Morgan fingerprint density at radius 2 is 1.90 bits per heavy atom. The number of piperidine rings is 1. The minimum absolute atomic E-state index is 0.00778. The highest BCUT2D eigenvalue weighted by Gasteiger charge is 2.28. The average molecular weight is 418 g/mol. The molecule has 0 saturated carbocycles. The molecule has 1 heterocycles. The number of nitrogens with zero attached hydrogens (tertiary/aromatic N) is 1. The number of carbonyl (C=O) groups excluding carboxylic acids is 3. The molecule has 2 amide bonds. The van der Waals surface area contributed by atoms with Gasteiger partial charge in [0.15, 0.2) is 0 Å². The highest BCUT2D eigenvalue weighted by Crippen LogP contribution is 2.21. The number of ether oxygens (including phenoxy) is 3. The van der Waals surface area contributed by atoms with Gasteiger partial charge in [0.25, 0.3) is 0 Å². The van der Waals surface area contributed by atoms with Crippen LogP contribution in [0.4, 0.5) is 9.59 Å². The van der Waals surface area contributed by atoms with Crippen LogP contribution in [0.1, 0.15) is 39.2 Å². The van der Waals surface area contributed by atoms with E-state index in [0.717, 1.165) is 18.4 Å². The third-order valence-electron chi connectivity index (χ3n) is 4.37. The Hall–Kier alpha value is -3.03. The van der Waals surface area contributed by atoms with E-state index in [2.05, 4.69) is 5.32 Å². The predicted octanol–water partition coefficient (Wildman–Crippen LogP) is 3.62. The van der Waals surface area contributed by atoms with Crippen LogP contribution in [0.2, 0.25) is 0 Å². The number of carbonyl (C=O) groups is 3. The van der Waals surface area contributed by atoms with E-state index in [4.69, 9.17) is 14.2 Å². The Labute approximate surface area is 177 Å². The number of likely N-dealkylation sites (tertiary alicyclic amines) is 1. The quantitative estimate of drug-likeness (QED) is 0.446. The van der Waals surface area contributed by atoms with Gasteiger partial charge in [-0.3, -0.25) is 5.32 Å². The Morgan fingerprint density at radius 3 is 2.53 bits per heavy atom. The lowest BCUT2D eigenvalue weighted by molar-refractivity contribution is -0.136. The number of methoxy groups -OCH3 is 1. The molecule has 1 saturated heterocycles. The minimum atomic E-state index is -0.754. The van der Waals surface area contributed by atoms with Crippen molar-refractivity contribution in [3.05, 3.63) is 47.7 Å². The van der Waals surface area contributed by atoms with E-state index in [1.54, 1.807) is 11.0 Å². The molecule has 0 aliphatic carbocycles. The van der Waals surface area contributed by atoms with E-state index in [0.29, 0.717) is 13.1 Å². The molecular formula is C22H30N2O6. The van der Waals surface area contributed by atoms with Crippen LogP contribution in [0.5, 0.6) is 0 Å². The number of alkyl carbamates (subject to hydrolysis) is 1. The van der Waals surface area contributed by atoms with Crippen molar-refractivity contribution in [1.29, 1.82) is 0 Å². The van der Waals surface area contributed by atoms with Crippen LogP contribution >= 0.6 is 0 Å². The summed E-state index contributed by atoms with van der Waals surface area (Å²) < 4.78 is 15.4. The predicted molar refractivity (Wildman–Crippen MR) is 110 cm³/mol. The minimum Gasteiger partial charge on any atom is -0.464 e. The summed E-state index contributed by atoms with van der Waals surface area (Å²) in [6.45, 7) is 6.48. The van der Waals surface area contributed by atoms with Crippen LogP contribution < -0.4 is 5.32 Å². The Kier molecular flexibility index (Phi) is 8.26. The van der Waals surface area contributed by atoms with Crippen molar-refractivity contribution in [2.24, 2.45) is 5.92 Å². The summed E-state index contributed by atoms with van der Waals surface area (Å²) in [7, 11) is 1.24. The lowest BCUT2D eigenvalue weighted by Crippen LogP contribution is -2.43. The van der Waals surface area contributed by atoms with Crippen molar-refractivity contribution < 1.29 is 28.6 Å². The summed E-state index contributed by atoms with van der Waals surface area (Å²) in [5.74, 6) is -0.809. The van der Waals surface area contributed by atoms with Gasteiger partial charge in [0.05, 0.1) is 7.11 Å². The molecule has 0 spiro atoms. The Bertz CT molecular complexity index is 770. The molecule has 1 aliphatic heterocycles. The molecule has 1 atom stereocenters. The zero-order valence-electron chi connectivity index (χ0n) is 18.0. The van der Waals surface area contributed by atoms with Gasteiger partial charge < -0.3 is 19.1 Å². The van der Waals surface area contributed by atoms with Gasteiger partial charge in [-0.1, -0.05) is 30.3 Å². The monoisotopic (exact) mass is 418 g/mol. The summed E-state index contributed by atoms with van der Waals surface area (Å²) in [6.07, 6.45) is 1.99. The molecule has 1 aromatic rings. The summed E-state index contributed by atoms with van der Waals surface area (Å²) in [6, 6.07) is 9.22. The zero-order chi connectivity index (χ0) is 22.1. The third kappa shape index (κ3) is 7.77. The largest absolute Gasteiger partial charge is 0.464 e. The first-order chi connectivity index (χ1) is 14.2. The van der Waals surface area contributed by atoms with Crippen LogP contribution in [0.15, 0.2) is 42.1 Å². The fraction of sp³-hybridized carbons (Fsp3) is 0.500. The molecule has 0 aromatic heterocycles. The van der Waals surface area contributed by atoms with Gasteiger partial charge in [-0.05, 0) is 51.2 Å². The smallest absolute Gasteiger partial charge is 0.412 e. The van der Waals surface area contributed by atoms with Crippen molar-refractivity contribution in [3.8, 4) is 0 Å². The summed E-state index contributed by atoms with van der Waals surface area (Å²) in [5, 5.41) is 2.46. The first kappa shape index (κ1) is 23.3. The maximum absolute atomic E-state index is 12.3. The highest BCUT2D eigenvalue weighted by atomic mass is 16.6. The Balaban J connectivity index is 2.00. The first-order valence-electron chi connectivity index (χ1n) is 9.93. The Morgan fingerprint density at radius 1 is 1.20 bits per heavy atom. The van der Waals surface area contributed by atoms with Gasteiger partial charge in [-0.15, -0.1) is 0 Å². The highest BCUT2D eigenvalue weighted by molar-refractivity contribution is 5.92. The fourth-order valence-electron chi connectivity index (χ4n) is 3.01. The van der Waals surface area contributed by atoms with Gasteiger partial charge >= 0.3 is 18.2 Å². The van der Waals surface area contributed by atoms with Crippen molar-refractivity contribution in [3.63, 3.8) is 0 Å². The van der Waals surface area contributed by atoms with Gasteiger partial charge in [0, 0.05) is 13.1 Å². The maximum Gasteiger partial charge on any atom is 0.412 e. The number of rotatable bonds is 5. The number of amides is 2. The van der Waals surface area contributed by atoms with Crippen LogP contribution in [0.25, 0.3) is 0 Å². The third-order valence-corrected chi connectivity index (χ3v) is 4.37. The standard InChI is InChI=1S/C22H30N2O6/c1-22(2,3)30-21(27)24-12-8-11-17(14-24)13-18(19(25)28-4)23-20(26)29-15-16-9-6-5-7-10-16/h5-7,9-10,13,17H,8,11-12,14-15H2,1-4H3,(H,23,26)/b18-13+/t17-/m1/s1. The number of nitrogens with one attached hydrogen (secondary N) is 1. The number of hydrogen-bond acceptors (Lipinski definition) is 6. The SMILES string of the molecule is COC(=O)/C(=C\[C@H]1CCCN(C(=O)OC(C)(C)C)C1)NC(=O)OCc1ccccc1. The topological polar surface area (TPSA) is 94.2 Å².